The molecule has 0 spiro atoms. The van der Waals surface area contributed by atoms with Crippen molar-refractivity contribution in [1.82, 2.24) is 0 Å². The molecule has 0 radical (unpaired) electrons. The van der Waals surface area contributed by atoms with Gasteiger partial charge >= 0.3 is 0 Å². The van der Waals surface area contributed by atoms with Gasteiger partial charge in [0.15, 0.2) is 0 Å². The third-order valence-corrected chi connectivity index (χ3v) is 4.18. The smallest absolute Gasteiger partial charge is 0.145 e. The molecule has 0 unspecified atom stereocenters. The number of rotatable bonds is 4. The van der Waals surface area contributed by atoms with Crippen molar-refractivity contribution in [3.63, 3.8) is 0 Å². The van der Waals surface area contributed by atoms with E-state index in [9.17, 15) is 0 Å². The van der Waals surface area contributed by atoms with Crippen LogP contribution in [0.25, 0.3) is 0 Å². The maximum atomic E-state index is 6.21. The van der Waals surface area contributed by atoms with Gasteiger partial charge in [0.25, 0.3) is 0 Å². The van der Waals surface area contributed by atoms with E-state index in [1.165, 1.54) is 11.1 Å². The number of methoxy groups -OCH3 is 2. The topological polar surface area (TPSA) is 30.5 Å². The predicted octanol–water partition coefficient (Wildman–Crippen LogP) is 3.94. The van der Waals surface area contributed by atoms with Crippen LogP contribution in [0.3, 0.4) is 0 Å². The van der Waals surface area contributed by atoms with Crippen LogP contribution >= 0.6 is 11.6 Å². The number of anilines is 1. The van der Waals surface area contributed by atoms with Gasteiger partial charge in [0, 0.05) is 12.1 Å². The second-order valence-electron chi connectivity index (χ2n) is 5.21. The third-order valence-electron chi connectivity index (χ3n) is 3.88. The van der Waals surface area contributed by atoms with Crippen LogP contribution < -0.4 is 14.8 Å². The summed E-state index contributed by atoms with van der Waals surface area (Å²) in [5.74, 6) is 1.36. The monoisotopic (exact) mass is 303 g/mol. The molecule has 0 fully saturated rings. The molecule has 0 aromatic heterocycles. The normalized spacial score (nSPS) is 13.9. The second-order valence-corrected chi connectivity index (χ2v) is 5.61. The number of ether oxygens (including phenoxy) is 2. The molecule has 2 aromatic rings. The van der Waals surface area contributed by atoms with E-state index < -0.39 is 0 Å². The summed E-state index contributed by atoms with van der Waals surface area (Å²) in [5, 5.41) is 4.11. The summed E-state index contributed by atoms with van der Waals surface area (Å²) in [4.78, 5) is 0. The van der Waals surface area contributed by atoms with Crippen molar-refractivity contribution in [1.29, 1.82) is 0 Å². The predicted molar refractivity (Wildman–Crippen MR) is 85.8 cm³/mol. The number of fused-ring (bicyclic) bond motifs is 1. The summed E-state index contributed by atoms with van der Waals surface area (Å²) >= 11 is 6.21. The molecule has 0 heterocycles. The van der Waals surface area contributed by atoms with Crippen LogP contribution in [-0.4, -0.2) is 20.3 Å². The lowest BCUT2D eigenvalue weighted by atomic mass is 10.1. The van der Waals surface area contributed by atoms with Gasteiger partial charge in [0.2, 0.25) is 0 Å². The molecule has 3 nitrogen and oxygen atoms in total. The summed E-state index contributed by atoms with van der Waals surface area (Å²) < 4.78 is 10.7. The number of hydrogen-bond acceptors (Lipinski definition) is 3. The Kier molecular flexibility index (Phi) is 3.93. The van der Waals surface area contributed by atoms with Crippen molar-refractivity contribution in [2.75, 3.05) is 19.5 Å². The van der Waals surface area contributed by atoms with Crippen molar-refractivity contribution in [2.24, 2.45) is 0 Å². The lowest BCUT2D eigenvalue weighted by Gasteiger charge is -2.18. The zero-order valence-electron chi connectivity index (χ0n) is 12.2. The zero-order valence-corrected chi connectivity index (χ0v) is 12.9. The lowest BCUT2D eigenvalue weighted by molar-refractivity contribution is 0.395. The first-order chi connectivity index (χ1) is 10.2. The fourth-order valence-electron chi connectivity index (χ4n) is 2.85. The van der Waals surface area contributed by atoms with Crippen molar-refractivity contribution in [3.05, 3.63) is 52.5 Å². The van der Waals surface area contributed by atoms with Crippen LogP contribution in [0.1, 0.15) is 11.1 Å². The zero-order chi connectivity index (χ0) is 14.8. The molecule has 0 bridgehead atoms. The fraction of sp³-hybridized carbons (Fsp3) is 0.294. The standard InChI is InChI=1S/C17H18ClNO2/c1-20-16-10-17(21-2)15(9-14(16)18)19-13-7-11-5-3-4-6-12(11)8-13/h3-6,9-10,13,19H,7-8H2,1-2H3. The largest absolute Gasteiger partial charge is 0.495 e. The van der Waals surface area contributed by atoms with Crippen molar-refractivity contribution >= 4 is 17.3 Å². The molecule has 1 N–H and O–H groups in total. The van der Waals surface area contributed by atoms with Gasteiger partial charge in [-0.25, -0.2) is 0 Å². The minimum Gasteiger partial charge on any atom is -0.495 e. The van der Waals surface area contributed by atoms with Gasteiger partial charge in [-0.15, -0.1) is 0 Å². The van der Waals surface area contributed by atoms with E-state index in [1.807, 2.05) is 12.1 Å². The molecule has 0 atom stereocenters. The van der Waals surface area contributed by atoms with Gasteiger partial charge in [-0.05, 0) is 30.0 Å². The Labute approximate surface area is 129 Å². The van der Waals surface area contributed by atoms with Crippen LogP contribution in [0.2, 0.25) is 5.02 Å². The first kappa shape index (κ1) is 14.1. The molecule has 2 aromatic carbocycles. The summed E-state index contributed by atoms with van der Waals surface area (Å²) in [6, 6.07) is 12.6. The maximum Gasteiger partial charge on any atom is 0.145 e. The van der Waals surface area contributed by atoms with Crippen LogP contribution in [-0.2, 0) is 12.8 Å². The third kappa shape index (κ3) is 2.79. The number of nitrogens with one attached hydrogen (secondary N) is 1. The molecular weight excluding hydrogens is 286 g/mol. The number of halogens is 1. The minimum absolute atomic E-state index is 0.362. The van der Waals surface area contributed by atoms with E-state index in [0.717, 1.165) is 24.3 Å². The number of benzene rings is 2. The Morgan fingerprint density at radius 2 is 1.62 bits per heavy atom. The summed E-state index contributed by atoms with van der Waals surface area (Å²) in [6.45, 7) is 0. The summed E-state index contributed by atoms with van der Waals surface area (Å²) in [6.07, 6.45) is 2.03. The number of hydrogen-bond donors (Lipinski definition) is 1. The van der Waals surface area contributed by atoms with Crippen molar-refractivity contribution < 1.29 is 9.47 Å². The molecule has 0 aliphatic heterocycles. The van der Waals surface area contributed by atoms with Gasteiger partial charge in [0.05, 0.1) is 24.9 Å². The van der Waals surface area contributed by atoms with E-state index in [0.29, 0.717) is 16.8 Å². The minimum atomic E-state index is 0.362. The van der Waals surface area contributed by atoms with Gasteiger partial charge in [-0.3, -0.25) is 0 Å². The molecule has 1 aliphatic carbocycles. The highest BCUT2D eigenvalue weighted by Crippen LogP contribution is 2.37. The quantitative estimate of drug-likeness (QED) is 0.928. The van der Waals surface area contributed by atoms with Crippen LogP contribution in [0, 0.1) is 0 Å². The van der Waals surface area contributed by atoms with E-state index in [2.05, 4.69) is 29.6 Å². The van der Waals surface area contributed by atoms with Gasteiger partial charge < -0.3 is 14.8 Å². The molecule has 3 rings (SSSR count). The molecule has 110 valence electrons. The lowest BCUT2D eigenvalue weighted by Crippen LogP contribution is -2.19. The molecule has 1 aliphatic rings. The second kappa shape index (κ2) is 5.86. The molecule has 21 heavy (non-hydrogen) atoms. The van der Waals surface area contributed by atoms with Gasteiger partial charge in [-0.1, -0.05) is 35.9 Å². The highest BCUT2D eigenvalue weighted by atomic mass is 35.5. The summed E-state index contributed by atoms with van der Waals surface area (Å²) in [5.41, 5.74) is 3.73. The molecule has 0 saturated heterocycles. The summed E-state index contributed by atoms with van der Waals surface area (Å²) in [7, 11) is 3.25. The molecule has 0 saturated carbocycles. The fourth-order valence-corrected chi connectivity index (χ4v) is 3.09. The van der Waals surface area contributed by atoms with Gasteiger partial charge in [-0.2, -0.15) is 0 Å². The van der Waals surface area contributed by atoms with E-state index in [4.69, 9.17) is 21.1 Å². The Morgan fingerprint density at radius 3 is 2.19 bits per heavy atom. The van der Waals surface area contributed by atoms with Gasteiger partial charge in [0.1, 0.15) is 11.5 Å². The Morgan fingerprint density at radius 1 is 1.00 bits per heavy atom. The molecule has 0 amide bonds. The maximum absolute atomic E-state index is 6.21. The van der Waals surface area contributed by atoms with E-state index in [1.54, 1.807) is 14.2 Å². The average Bonchev–Trinajstić information content (AvgIpc) is 2.89. The van der Waals surface area contributed by atoms with Crippen molar-refractivity contribution in [3.8, 4) is 11.5 Å². The first-order valence-corrected chi connectivity index (χ1v) is 7.34. The van der Waals surface area contributed by atoms with E-state index in [-0.39, 0.29) is 0 Å². The Hall–Kier alpha value is -1.87. The first-order valence-electron chi connectivity index (χ1n) is 6.96. The Balaban J connectivity index is 1.81. The Bertz CT molecular complexity index is 632. The van der Waals surface area contributed by atoms with Crippen LogP contribution in [0.4, 0.5) is 5.69 Å². The van der Waals surface area contributed by atoms with Crippen LogP contribution in [0.5, 0.6) is 11.5 Å². The molecular formula is C17H18ClNO2. The SMILES string of the molecule is COc1cc(OC)c(NC2Cc3ccccc3C2)cc1Cl. The molecule has 4 heteroatoms. The van der Waals surface area contributed by atoms with Crippen molar-refractivity contribution in [2.45, 2.75) is 18.9 Å². The van der Waals surface area contributed by atoms with E-state index >= 15 is 0 Å². The highest BCUT2D eigenvalue weighted by molar-refractivity contribution is 6.32. The highest BCUT2D eigenvalue weighted by Gasteiger charge is 2.22. The average molecular weight is 304 g/mol. The van der Waals surface area contributed by atoms with Crippen LogP contribution in [0.15, 0.2) is 36.4 Å².